The summed E-state index contributed by atoms with van der Waals surface area (Å²) in [6, 6.07) is 14.2. The molecule has 1 aliphatic heterocycles. The van der Waals surface area contributed by atoms with Crippen LogP contribution in [-0.2, 0) is 4.79 Å². The van der Waals surface area contributed by atoms with Gasteiger partial charge in [0, 0.05) is 28.2 Å². The number of nitrogens with zero attached hydrogens (tertiary/aromatic N) is 1. The number of likely N-dealkylation sites (tertiary alicyclic amines) is 1. The first-order valence-electron chi connectivity index (χ1n) is 9.30. The molecule has 142 valence electrons. The fourth-order valence-corrected chi connectivity index (χ4v) is 3.73. The van der Waals surface area contributed by atoms with Gasteiger partial charge in [0.15, 0.2) is 12.4 Å². The third-order valence-electron chi connectivity index (χ3n) is 5.07. The lowest BCUT2D eigenvalue weighted by atomic mass is 9.97. The van der Waals surface area contributed by atoms with Gasteiger partial charge in [-0.2, -0.15) is 0 Å². The molecule has 5 heteroatoms. The highest BCUT2D eigenvalue weighted by Crippen LogP contribution is 2.23. The van der Waals surface area contributed by atoms with E-state index in [1.165, 1.54) is 0 Å². The van der Waals surface area contributed by atoms with Crippen molar-refractivity contribution in [1.82, 2.24) is 4.90 Å². The van der Waals surface area contributed by atoms with Crippen molar-refractivity contribution in [2.75, 3.05) is 6.61 Å². The Morgan fingerprint density at radius 3 is 2.04 bits per heavy atom. The summed E-state index contributed by atoms with van der Waals surface area (Å²) in [6.45, 7) is 4.19. The molecule has 0 bridgehead atoms. The lowest BCUT2D eigenvalue weighted by molar-refractivity contribution is -0.139. The van der Waals surface area contributed by atoms with Gasteiger partial charge in [0.25, 0.3) is 5.91 Å². The van der Waals surface area contributed by atoms with E-state index in [0.29, 0.717) is 21.9 Å². The molecule has 1 amide bonds. The smallest absolute Gasteiger partial charge is 0.260 e. The Bertz CT molecular complexity index is 791. The molecule has 0 aromatic heterocycles. The van der Waals surface area contributed by atoms with Crippen LogP contribution >= 0.6 is 11.6 Å². The molecule has 0 N–H and O–H groups in total. The molecular weight excluding hydrogens is 362 g/mol. The maximum absolute atomic E-state index is 12.5. The number of hydrogen-bond acceptors (Lipinski definition) is 3. The van der Waals surface area contributed by atoms with Crippen molar-refractivity contribution < 1.29 is 14.3 Å². The summed E-state index contributed by atoms with van der Waals surface area (Å²) in [5.74, 6) is 0.509. The molecule has 0 saturated carbocycles. The van der Waals surface area contributed by atoms with E-state index in [-0.39, 0.29) is 30.4 Å². The third-order valence-corrected chi connectivity index (χ3v) is 5.32. The van der Waals surface area contributed by atoms with Gasteiger partial charge < -0.3 is 9.64 Å². The van der Waals surface area contributed by atoms with Crippen LogP contribution in [0.4, 0.5) is 0 Å². The number of ether oxygens (including phenoxy) is 1. The van der Waals surface area contributed by atoms with Gasteiger partial charge in [0.2, 0.25) is 0 Å². The van der Waals surface area contributed by atoms with Gasteiger partial charge in [0.05, 0.1) is 0 Å². The van der Waals surface area contributed by atoms with Crippen LogP contribution in [0.3, 0.4) is 0 Å². The van der Waals surface area contributed by atoms with E-state index in [4.69, 9.17) is 16.3 Å². The highest BCUT2D eigenvalue weighted by molar-refractivity contribution is 6.30. The predicted molar refractivity (Wildman–Crippen MR) is 106 cm³/mol. The minimum atomic E-state index is -0.0785. The Morgan fingerprint density at radius 1 is 0.963 bits per heavy atom. The molecule has 0 radical (unpaired) electrons. The third kappa shape index (κ3) is 4.69. The van der Waals surface area contributed by atoms with Gasteiger partial charge in [-0.25, -0.2) is 0 Å². The summed E-state index contributed by atoms with van der Waals surface area (Å²) in [5.41, 5.74) is 1.14. The molecule has 1 saturated heterocycles. The Labute approximate surface area is 165 Å². The number of halogens is 1. The number of carbonyl (C=O) groups is 2. The van der Waals surface area contributed by atoms with Crippen LogP contribution in [0.5, 0.6) is 5.75 Å². The van der Waals surface area contributed by atoms with Crippen molar-refractivity contribution in [2.24, 2.45) is 0 Å². The minimum absolute atomic E-state index is 0.0102. The molecular formula is C22H24ClNO3. The normalized spacial score (nSPS) is 19.6. The average molecular weight is 386 g/mol. The van der Waals surface area contributed by atoms with Gasteiger partial charge in [-0.05, 0) is 81.6 Å². The van der Waals surface area contributed by atoms with Crippen molar-refractivity contribution in [3.8, 4) is 5.75 Å². The number of amides is 1. The Morgan fingerprint density at radius 2 is 1.48 bits per heavy atom. The van der Waals surface area contributed by atoms with Crippen molar-refractivity contribution in [2.45, 2.75) is 45.2 Å². The number of carbonyl (C=O) groups excluding carboxylic acids is 2. The number of ketones is 1. The molecule has 0 aliphatic carbocycles. The maximum atomic E-state index is 12.5. The van der Waals surface area contributed by atoms with Crippen LogP contribution < -0.4 is 4.74 Å². The van der Waals surface area contributed by atoms with E-state index in [1.54, 1.807) is 48.5 Å². The molecule has 1 heterocycles. The first-order valence-corrected chi connectivity index (χ1v) is 9.68. The van der Waals surface area contributed by atoms with Crippen molar-refractivity contribution in [1.29, 1.82) is 0 Å². The van der Waals surface area contributed by atoms with Crippen molar-refractivity contribution in [3.05, 3.63) is 64.7 Å². The lowest BCUT2D eigenvalue weighted by Crippen LogP contribution is -2.49. The van der Waals surface area contributed by atoms with Gasteiger partial charge in [0.1, 0.15) is 5.75 Å². The topological polar surface area (TPSA) is 46.6 Å². The lowest BCUT2D eigenvalue weighted by Gasteiger charge is -2.38. The zero-order valence-electron chi connectivity index (χ0n) is 15.7. The Hall–Kier alpha value is -2.33. The number of piperidine rings is 1. The van der Waals surface area contributed by atoms with E-state index in [9.17, 15) is 9.59 Å². The van der Waals surface area contributed by atoms with Gasteiger partial charge in [-0.1, -0.05) is 11.6 Å². The second-order valence-corrected chi connectivity index (χ2v) is 7.52. The second kappa shape index (κ2) is 8.57. The standard InChI is InChI=1S/C22H24ClNO3/c1-15-4-3-5-16(2)24(15)21(25)14-27-20-12-8-18(9-13-20)22(26)17-6-10-19(23)11-7-17/h6-13,15-16H,3-5,14H2,1-2H3. The fourth-order valence-electron chi connectivity index (χ4n) is 3.60. The quantitative estimate of drug-likeness (QED) is 0.698. The van der Waals surface area contributed by atoms with Crippen LogP contribution in [0, 0.1) is 0 Å². The van der Waals surface area contributed by atoms with E-state index >= 15 is 0 Å². The molecule has 0 spiro atoms. The summed E-state index contributed by atoms with van der Waals surface area (Å²) in [4.78, 5) is 26.9. The van der Waals surface area contributed by atoms with E-state index in [2.05, 4.69) is 13.8 Å². The molecule has 2 aromatic carbocycles. The first-order chi connectivity index (χ1) is 13.0. The molecule has 3 rings (SSSR count). The number of hydrogen-bond donors (Lipinski definition) is 0. The molecule has 1 aliphatic rings. The molecule has 2 aromatic rings. The fraction of sp³-hybridized carbons (Fsp3) is 0.364. The number of rotatable bonds is 5. The van der Waals surface area contributed by atoms with E-state index in [1.807, 2.05) is 4.90 Å². The predicted octanol–water partition coefficient (Wildman–Crippen LogP) is 4.74. The summed E-state index contributed by atoms with van der Waals surface area (Å²) in [5, 5.41) is 0.595. The molecule has 27 heavy (non-hydrogen) atoms. The maximum Gasteiger partial charge on any atom is 0.260 e. The molecule has 1 fully saturated rings. The van der Waals surface area contributed by atoms with Crippen molar-refractivity contribution in [3.63, 3.8) is 0 Å². The average Bonchev–Trinajstić information content (AvgIpc) is 2.67. The summed E-state index contributed by atoms with van der Waals surface area (Å²) < 4.78 is 5.65. The summed E-state index contributed by atoms with van der Waals surface area (Å²) >= 11 is 5.86. The van der Waals surface area contributed by atoms with Crippen molar-refractivity contribution >= 4 is 23.3 Å². The van der Waals surface area contributed by atoms with Crippen LogP contribution in [0.2, 0.25) is 5.02 Å². The second-order valence-electron chi connectivity index (χ2n) is 7.08. The van der Waals surface area contributed by atoms with E-state index < -0.39 is 0 Å². The number of benzene rings is 2. The zero-order chi connectivity index (χ0) is 19.4. The SMILES string of the molecule is CC1CCCC(C)N1C(=O)COc1ccc(C(=O)c2ccc(Cl)cc2)cc1. The summed E-state index contributed by atoms with van der Waals surface area (Å²) in [7, 11) is 0. The van der Waals surface area contributed by atoms with Crippen LogP contribution in [-0.4, -0.2) is 35.3 Å². The van der Waals surface area contributed by atoms with Gasteiger partial charge >= 0.3 is 0 Å². The van der Waals surface area contributed by atoms with Crippen LogP contribution in [0.25, 0.3) is 0 Å². The van der Waals surface area contributed by atoms with Gasteiger partial charge in [-0.15, -0.1) is 0 Å². The molecule has 4 nitrogen and oxygen atoms in total. The minimum Gasteiger partial charge on any atom is -0.484 e. The van der Waals surface area contributed by atoms with Gasteiger partial charge in [-0.3, -0.25) is 9.59 Å². The first kappa shape index (κ1) is 19.4. The monoisotopic (exact) mass is 385 g/mol. The molecule has 2 atom stereocenters. The Kier molecular flexibility index (Phi) is 6.17. The summed E-state index contributed by atoms with van der Waals surface area (Å²) in [6.07, 6.45) is 3.24. The highest BCUT2D eigenvalue weighted by atomic mass is 35.5. The van der Waals surface area contributed by atoms with E-state index in [0.717, 1.165) is 19.3 Å². The highest BCUT2D eigenvalue weighted by Gasteiger charge is 2.28. The van der Waals surface area contributed by atoms with Crippen LogP contribution in [0.1, 0.15) is 49.0 Å². The largest absolute Gasteiger partial charge is 0.484 e. The Balaban J connectivity index is 1.60. The zero-order valence-corrected chi connectivity index (χ0v) is 16.4. The van der Waals surface area contributed by atoms with Crippen LogP contribution in [0.15, 0.2) is 48.5 Å². The molecule has 2 unspecified atom stereocenters.